The van der Waals surface area contributed by atoms with Gasteiger partial charge in [-0.05, 0) is 26.8 Å². The molecular weight excluding hydrogens is 384 g/mol. The Morgan fingerprint density at radius 3 is 2.43 bits per heavy atom. The number of halogens is 4. The second-order valence-corrected chi connectivity index (χ2v) is 6.99. The number of aromatic nitrogens is 1. The molecule has 1 fully saturated rings. The van der Waals surface area contributed by atoms with Crippen molar-refractivity contribution in [1.29, 1.82) is 0 Å². The average Bonchev–Trinajstić information content (AvgIpc) is 2.56. The second-order valence-electron chi connectivity index (χ2n) is 6.99. The number of alkyl carbamates (subject to hydrolysis) is 1. The zero-order valence-corrected chi connectivity index (χ0v) is 16.5. The van der Waals surface area contributed by atoms with Crippen molar-refractivity contribution in [2.75, 3.05) is 13.2 Å². The number of hydrogen-bond donors (Lipinski definition) is 2. The van der Waals surface area contributed by atoms with Crippen molar-refractivity contribution in [3.63, 3.8) is 0 Å². The van der Waals surface area contributed by atoms with Crippen LogP contribution in [0.25, 0.3) is 0 Å². The molecule has 160 valence electrons. The molecule has 2 unspecified atom stereocenters. The molecule has 0 saturated carbocycles. The van der Waals surface area contributed by atoms with Crippen LogP contribution in [0.1, 0.15) is 52.3 Å². The van der Waals surface area contributed by atoms with E-state index in [1.807, 2.05) is 13.8 Å². The molecule has 0 aromatic carbocycles. The number of carbonyl (C=O) groups is 1. The molecule has 2 N–H and O–H groups in total. The van der Waals surface area contributed by atoms with Gasteiger partial charge < -0.3 is 19.9 Å². The summed E-state index contributed by atoms with van der Waals surface area (Å²) in [4.78, 5) is 15.7. The zero-order valence-electron chi connectivity index (χ0n) is 16.5. The Labute approximate surface area is 161 Å². The maximum absolute atomic E-state index is 14.5. The topological polar surface area (TPSA) is 80.7 Å². The van der Waals surface area contributed by atoms with Crippen molar-refractivity contribution in [3.8, 4) is 0 Å². The molecule has 2 atom stereocenters. The van der Waals surface area contributed by atoms with Crippen LogP contribution in [0, 0.1) is 5.82 Å². The van der Waals surface area contributed by atoms with Crippen molar-refractivity contribution in [3.05, 3.63) is 29.3 Å². The first-order valence-electron chi connectivity index (χ1n) is 8.85. The van der Waals surface area contributed by atoms with E-state index in [1.54, 1.807) is 20.8 Å². The molecule has 0 radical (unpaired) electrons. The third kappa shape index (κ3) is 5.78. The molecule has 28 heavy (non-hydrogen) atoms. The van der Waals surface area contributed by atoms with Crippen molar-refractivity contribution in [2.24, 2.45) is 0 Å². The van der Waals surface area contributed by atoms with Crippen LogP contribution in [-0.2, 0) is 21.2 Å². The molecule has 1 amide bonds. The van der Waals surface area contributed by atoms with Gasteiger partial charge in [0.15, 0.2) is 0 Å². The number of nitrogens with zero attached hydrogens (tertiary/aromatic N) is 1. The summed E-state index contributed by atoms with van der Waals surface area (Å²) in [7, 11) is 0. The van der Waals surface area contributed by atoms with Gasteiger partial charge in [0.1, 0.15) is 28.8 Å². The van der Waals surface area contributed by atoms with Gasteiger partial charge in [-0.25, -0.2) is 9.18 Å². The minimum atomic E-state index is -4.77. The Morgan fingerprint density at radius 1 is 1.36 bits per heavy atom. The van der Waals surface area contributed by atoms with E-state index >= 15 is 0 Å². The van der Waals surface area contributed by atoms with Gasteiger partial charge in [-0.15, -0.1) is 0 Å². The lowest BCUT2D eigenvalue weighted by molar-refractivity contribution is -0.138. The summed E-state index contributed by atoms with van der Waals surface area (Å²) in [6.45, 7) is 8.61. The van der Waals surface area contributed by atoms with Crippen LogP contribution in [0.5, 0.6) is 0 Å². The highest BCUT2D eigenvalue weighted by atomic mass is 19.4. The third-order valence-corrected chi connectivity index (χ3v) is 3.80. The lowest BCUT2D eigenvalue weighted by atomic mass is 9.83. The van der Waals surface area contributed by atoms with Gasteiger partial charge in [0.2, 0.25) is 0 Å². The summed E-state index contributed by atoms with van der Waals surface area (Å²) in [6.07, 6.45) is -6.80. The van der Waals surface area contributed by atoms with Crippen LogP contribution in [0.15, 0.2) is 12.3 Å². The lowest BCUT2D eigenvalue weighted by Crippen LogP contribution is -2.59. The van der Waals surface area contributed by atoms with Gasteiger partial charge in [0, 0.05) is 19.2 Å². The van der Waals surface area contributed by atoms with Gasteiger partial charge in [-0.1, -0.05) is 13.8 Å². The van der Waals surface area contributed by atoms with Crippen LogP contribution in [0.4, 0.5) is 22.4 Å². The lowest BCUT2D eigenvalue weighted by Gasteiger charge is -2.41. The van der Waals surface area contributed by atoms with E-state index in [1.165, 1.54) is 0 Å². The smallest absolute Gasteiger partial charge is 0.417 e. The largest absolute Gasteiger partial charge is 0.444 e. The molecule has 1 saturated heterocycles. The van der Waals surface area contributed by atoms with Crippen molar-refractivity contribution in [2.45, 2.75) is 64.5 Å². The molecule has 1 aromatic rings. The molecule has 6 nitrogen and oxygen atoms in total. The normalized spacial score (nSPS) is 22.7. The number of alkyl halides is 3. The van der Waals surface area contributed by atoms with E-state index < -0.39 is 46.6 Å². The monoisotopic (exact) mass is 410 g/mol. The standard InChI is InChI=1S/C16H20F4N2O4.C2H6/c1-14(2,3)26-13(24)22-15(4-5-25-8-11(15)23)12-10(17)6-9(7-21-12)16(18,19)20;1-2/h6-7,11,23H,4-5,8H2,1-3H3,(H,22,24);1-2H3. The number of ether oxygens (including phenoxy) is 2. The Morgan fingerprint density at radius 2 is 1.96 bits per heavy atom. The van der Waals surface area contributed by atoms with E-state index in [4.69, 9.17) is 9.47 Å². The first kappa shape index (κ1) is 24.1. The fourth-order valence-corrected chi connectivity index (χ4v) is 2.63. The van der Waals surface area contributed by atoms with E-state index in [0.717, 1.165) is 0 Å². The summed E-state index contributed by atoms with van der Waals surface area (Å²) < 4.78 is 62.9. The minimum absolute atomic E-state index is 0.0367. The van der Waals surface area contributed by atoms with Gasteiger partial charge in [-0.2, -0.15) is 13.2 Å². The fourth-order valence-electron chi connectivity index (χ4n) is 2.63. The van der Waals surface area contributed by atoms with Crippen LogP contribution in [0.3, 0.4) is 0 Å². The molecule has 2 heterocycles. The molecule has 1 aliphatic heterocycles. The second kappa shape index (κ2) is 9.04. The highest BCUT2D eigenvalue weighted by Crippen LogP contribution is 2.36. The number of aliphatic hydroxyl groups excluding tert-OH is 1. The Kier molecular flexibility index (Phi) is 7.78. The first-order chi connectivity index (χ1) is 12.8. The number of amides is 1. The number of hydrogen-bond acceptors (Lipinski definition) is 5. The van der Waals surface area contributed by atoms with Crippen molar-refractivity contribution in [1.82, 2.24) is 10.3 Å². The maximum Gasteiger partial charge on any atom is 0.417 e. The molecule has 1 aromatic heterocycles. The van der Waals surface area contributed by atoms with E-state index in [2.05, 4.69) is 10.3 Å². The van der Waals surface area contributed by atoms with Crippen LogP contribution >= 0.6 is 0 Å². The van der Waals surface area contributed by atoms with Gasteiger partial charge in [0.05, 0.1) is 12.2 Å². The highest BCUT2D eigenvalue weighted by Gasteiger charge is 2.48. The quantitative estimate of drug-likeness (QED) is 0.726. The van der Waals surface area contributed by atoms with Gasteiger partial charge >= 0.3 is 12.3 Å². The summed E-state index contributed by atoms with van der Waals surface area (Å²) in [5.74, 6) is -1.29. The molecule has 1 aliphatic rings. The van der Waals surface area contributed by atoms with Crippen LogP contribution in [-0.4, -0.2) is 41.1 Å². The number of rotatable bonds is 2. The van der Waals surface area contributed by atoms with Crippen molar-refractivity contribution >= 4 is 6.09 Å². The third-order valence-electron chi connectivity index (χ3n) is 3.80. The molecule has 0 bridgehead atoms. The predicted octanol–water partition coefficient (Wildman–Crippen LogP) is 3.77. The summed E-state index contributed by atoms with van der Waals surface area (Å²) in [5.41, 5.74) is -4.41. The Balaban J connectivity index is 0.00000190. The van der Waals surface area contributed by atoms with Crippen LogP contribution in [0.2, 0.25) is 0 Å². The molecule has 0 aliphatic carbocycles. The van der Waals surface area contributed by atoms with Crippen LogP contribution < -0.4 is 5.32 Å². The summed E-state index contributed by atoms with van der Waals surface area (Å²) >= 11 is 0. The average molecular weight is 410 g/mol. The number of aliphatic hydroxyl groups is 1. The number of pyridine rings is 1. The van der Waals surface area contributed by atoms with Crippen molar-refractivity contribution < 1.29 is 36.9 Å². The predicted molar refractivity (Wildman–Crippen MR) is 93.0 cm³/mol. The van der Waals surface area contributed by atoms with E-state index in [9.17, 15) is 27.5 Å². The fraction of sp³-hybridized carbons (Fsp3) is 0.667. The summed E-state index contributed by atoms with van der Waals surface area (Å²) in [6, 6.07) is 0.281. The Hall–Kier alpha value is -1.94. The van der Waals surface area contributed by atoms with E-state index in [-0.39, 0.29) is 25.7 Å². The first-order valence-corrected chi connectivity index (χ1v) is 8.85. The number of nitrogens with one attached hydrogen (secondary N) is 1. The van der Waals surface area contributed by atoms with Gasteiger partial charge in [0.25, 0.3) is 0 Å². The van der Waals surface area contributed by atoms with Gasteiger partial charge in [-0.3, -0.25) is 4.98 Å². The highest BCUT2D eigenvalue weighted by molar-refractivity contribution is 5.69. The minimum Gasteiger partial charge on any atom is -0.444 e. The molecule has 0 spiro atoms. The molecular formula is C18H26F4N2O4. The number of carbonyl (C=O) groups excluding carboxylic acids is 1. The SMILES string of the molecule is CC.CC(C)(C)OC(=O)NC1(c2ncc(C(F)(F)F)cc2F)CCOCC1O. The zero-order chi connectivity index (χ0) is 21.8. The Bertz CT molecular complexity index is 677. The summed E-state index contributed by atoms with van der Waals surface area (Å²) in [5, 5.41) is 12.7. The molecule has 2 rings (SSSR count). The maximum atomic E-state index is 14.5. The van der Waals surface area contributed by atoms with E-state index in [0.29, 0.717) is 6.20 Å². The molecule has 10 heteroatoms.